The highest BCUT2D eigenvalue weighted by molar-refractivity contribution is 5.73. The highest BCUT2D eigenvalue weighted by Crippen LogP contribution is 2.15. The van der Waals surface area contributed by atoms with E-state index in [4.69, 9.17) is 0 Å². The Morgan fingerprint density at radius 1 is 0.348 bits per heavy atom. The van der Waals surface area contributed by atoms with E-state index in [-0.39, 0.29) is 6.03 Å². The molecule has 0 aliphatic carbocycles. The van der Waals surface area contributed by atoms with Gasteiger partial charge in [0.1, 0.15) is 0 Å². The van der Waals surface area contributed by atoms with E-state index in [0.29, 0.717) is 0 Å². The van der Waals surface area contributed by atoms with E-state index in [9.17, 15) is 4.79 Å². The van der Waals surface area contributed by atoms with Gasteiger partial charge in [-0.15, -0.1) is 0 Å². The van der Waals surface area contributed by atoms with Crippen LogP contribution in [0.5, 0.6) is 0 Å². The summed E-state index contributed by atoms with van der Waals surface area (Å²) >= 11 is 0. The van der Waals surface area contributed by atoms with Crippen molar-refractivity contribution in [2.45, 2.75) is 219 Å². The second-order valence-electron chi connectivity index (χ2n) is 14.3. The third-order valence-electron chi connectivity index (χ3n) is 9.59. The predicted octanol–water partition coefficient (Wildman–Crippen LogP) is 12.0. The van der Waals surface area contributed by atoms with Crippen LogP contribution in [-0.4, -0.2) is 45.3 Å². The quantitative estimate of drug-likeness (QED) is 0.0524. The van der Waals surface area contributed by atoms with Crippen molar-refractivity contribution in [3.63, 3.8) is 0 Å². The first kappa shape index (κ1) is 45.2. The number of nitrogens with one attached hydrogen (secondary N) is 4. The first-order chi connectivity index (χ1) is 22.8. The molecule has 0 atom stereocenters. The molecule has 0 unspecified atom stereocenters. The van der Waals surface area contributed by atoms with Crippen molar-refractivity contribution in [2.24, 2.45) is 0 Å². The van der Waals surface area contributed by atoms with Gasteiger partial charge in [0.25, 0.3) is 0 Å². The molecule has 4 N–H and O–H groups in total. The summed E-state index contributed by atoms with van der Waals surface area (Å²) in [6.45, 7) is 10.8. The molecular weight excluding hydrogens is 564 g/mol. The molecule has 0 aromatic rings. The average molecular weight is 651 g/mol. The maximum Gasteiger partial charge on any atom is 0.314 e. The lowest BCUT2D eigenvalue weighted by Crippen LogP contribution is -2.39. The molecule has 0 bridgehead atoms. The Morgan fingerprint density at radius 3 is 0.739 bits per heavy atom. The summed E-state index contributed by atoms with van der Waals surface area (Å²) in [5, 5.41) is 12.5. The van der Waals surface area contributed by atoms with Crippen molar-refractivity contribution in [3.8, 4) is 0 Å². The first-order valence-corrected chi connectivity index (χ1v) is 21.2. The summed E-state index contributed by atoms with van der Waals surface area (Å²) in [5.74, 6) is 0. The predicted molar refractivity (Wildman–Crippen MR) is 206 cm³/mol. The van der Waals surface area contributed by atoms with Gasteiger partial charge in [0.2, 0.25) is 0 Å². The number of urea groups is 1. The summed E-state index contributed by atoms with van der Waals surface area (Å²) in [6.07, 6.45) is 44.4. The van der Waals surface area contributed by atoms with Crippen LogP contribution < -0.4 is 21.3 Å². The minimum atomic E-state index is 0.0296. The summed E-state index contributed by atoms with van der Waals surface area (Å²) < 4.78 is 0. The zero-order valence-corrected chi connectivity index (χ0v) is 31.8. The lowest BCUT2D eigenvalue weighted by atomic mass is 10.0. The molecule has 276 valence electrons. The fourth-order valence-corrected chi connectivity index (χ4v) is 6.42. The zero-order valence-electron chi connectivity index (χ0n) is 31.8. The number of amides is 2. The van der Waals surface area contributed by atoms with E-state index in [2.05, 4.69) is 35.1 Å². The number of hydrogen-bond donors (Lipinski definition) is 4. The first-order valence-electron chi connectivity index (χ1n) is 21.2. The van der Waals surface area contributed by atoms with Gasteiger partial charge < -0.3 is 21.3 Å². The third-order valence-corrected chi connectivity index (χ3v) is 9.59. The van der Waals surface area contributed by atoms with Gasteiger partial charge in [-0.05, 0) is 12.8 Å². The Morgan fingerprint density at radius 2 is 0.543 bits per heavy atom. The smallest absolute Gasteiger partial charge is 0.314 e. The topological polar surface area (TPSA) is 65.2 Å². The highest BCUT2D eigenvalue weighted by atomic mass is 16.2. The van der Waals surface area contributed by atoms with E-state index >= 15 is 0 Å². The Balaban J connectivity index is 0.00000299. The summed E-state index contributed by atoms with van der Waals surface area (Å²) in [4.78, 5) is 11.9. The number of unbranched alkanes of at least 4 members (excludes halogenated alkanes) is 30. The lowest BCUT2D eigenvalue weighted by molar-refractivity contribution is 0.240. The van der Waals surface area contributed by atoms with Crippen LogP contribution in [0.1, 0.15) is 219 Å². The third kappa shape index (κ3) is 41.2. The Labute approximate surface area is 290 Å². The molecule has 0 aromatic carbocycles. The lowest BCUT2D eigenvalue weighted by Gasteiger charge is -2.11. The molecule has 0 aromatic heterocycles. The largest absolute Gasteiger partial charge is 0.338 e. The SMILES string of the molecule is C1CNCCN1.CCCCCCCCCCCCCCCCCCNC(=O)NCCCCCCCCCCCCCCCCCC. The molecule has 1 aliphatic rings. The van der Waals surface area contributed by atoms with Gasteiger partial charge in [0.05, 0.1) is 0 Å². The van der Waals surface area contributed by atoms with E-state index in [0.717, 1.165) is 52.1 Å². The van der Waals surface area contributed by atoms with Crippen LogP contribution in [0.25, 0.3) is 0 Å². The van der Waals surface area contributed by atoms with Crippen LogP contribution in [0.2, 0.25) is 0 Å². The maximum absolute atomic E-state index is 11.9. The van der Waals surface area contributed by atoms with Crippen LogP contribution in [0, 0.1) is 0 Å². The van der Waals surface area contributed by atoms with Crippen LogP contribution in [0.3, 0.4) is 0 Å². The molecule has 0 spiro atoms. The zero-order chi connectivity index (χ0) is 33.3. The number of carbonyl (C=O) groups is 1. The van der Waals surface area contributed by atoms with Gasteiger partial charge in [-0.3, -0.25) is 0 Å². The van der Waals surface area contributed by atoms with Crippen molar-refractivity contribution in [1.29, 1.82) is 0 Å². The molecular formula is C41H86N4O. The fraction of sp³-hybridized carbons (Fsp3) is 0.976. The highest BCUT2D eigenvalue weighted by Gasteiger charge is 2.00. The number of carbonyl (C=O) groups excluding carboxylic acids is 1. The molecule has 1 aliphatic heterocycles. The van der Waals surface area contributed by atoms with Crippen LogP contribution in [0.4, 0.5) is 4.79 Å². The van der Waals surface area contributed by atoms with Crippen molar-refractivity contribution in [2.75, 3.05) is 39.3 Å². The Bertz CT molecular complexity index is 503. The van der Waals surface area contributed by atoms with Crippen LogP contribution in [0.15, 0.2) is 0 Å². The number of piperazine rings is 1. The molecule has 5 heteroatoms. The van der Waals surface area contributed by atoms with Crippen molar-refractivity contribution in [3.05, 3.63) is 0 Å². The molecule has 0 radical (unpaired) electrons. The normalized spacial score (nSPS) is 12.9. The molecule has 46 heavy (non-hydrogen) atoms. The van der Waals surface area contributed by atoms with Crippen molar-refractivity contribution in [1.82, 2.24) is 21.3 Å². The summed E-state index contributed by atoms with van der Waals surface area (Å²) in [7, 11) is 0. The molecule has 1 heterocycles. The van der Waals surface area contributed by atoms with E-state index < -0.39 is 0 Å². The van der Waals surface area contributed by atoms with Crippen LogP contribution in [-0.2, 0) is 0 Å². The van der Waals surface area contributed by atoms with Crippen LogP contribution >= 0.6 is 0 Å². The molecule has 1 fully saturated rings. The van der Waals surface area contributed by atoms with Gasteiger partial charge in [-0.25, -0.2) is 4.79 Å². The molecule has 1 saturated heterocycles. The monoisotopic (exact) mass is 651 g/mol. The average Bonchev–Trinajstić information content (AvgIpc) is 3.08. The minimum Gasteiger partial charge on any atom is -0.338 e. The summed E-state index contributed by atoms with van der Waals surface area (Å²) in [6, 6.07) is 0.0296. The van der Waals surface area contributed by atoms with Crippen molar-refractivity contribution < 1.29 is 4.79 Å². The Kier molecular flexibility index (Phi) is 41.5. The van der Waals surface area contributed by atoms with Gasteiger partial charge >= 0.3 is 6.03 Å². The van der Waals surface area contributed by atoms with E-state index in [1.807, 2.05) is 0 Å². The minimum absolute atomic E-state index is 0.0296. The Hall–Kier alpha value is -0.810. The van der Waals surface area contributed by atoms with Gasteiger partial charge in [-0.2, -0.15) is 0 Å². The van der Waals surface area contributed by atoms with Gasteiger partial charge in [0.15, 0.2) is 0 Å². The molecule has 1 rings (SSSR count). The van der Waals surface area contributed by atoms with E-state index in [1.54, 1.807) is 0 Å². The van der Waals surface area contributed by atoms with E-state index in [1.165, 1.54) is 193 Å². The number of hydrogen-bond acceptors (Lipinski definition) is 3. The van der Waals surface area contributed by atoms with Gasteiger partial charge in [0, 0.05) is 39.3 Å². The fourth-order valence-electron chi connectivity index (χ4n) is 6.42. The van der Waals surface area contributed by atoms with Crippen molar-refractivity contribution >= 4 is 6.03 Å². The summed E-state index contributed by atoms with van der Waals surface area (Å²) in [5.41, 5.74) is 0. The molecule has 0 saturated carbocycles. The maximum atomic E-state index is 11.9. The van der Waals surface area contributed by atoms with Gasteiger partial charge in [-0.1, -0.05) is 206 Å². The number of rotatable bonds is 34. The second-order valence-corrected chi connectivity index (χ2v) is 14.3. The molecule has 2 amide bonds. The molecule has 5 nitrogen and oxygen atoms in total. The second kappa shape index (κ2) is 42.2. The standard InChI is InChI=1S/C37H76N2O.C4H10N2/c1-3-5-7-9-11-13-15-17-19-21-23-25-27-29-31-33-35-38-37(40)39-36-34-32-30-28-26-24-22-20-18-16-14-12-10-8-6-4-2;1-2-6-4-3-5-1/h3-36H2,1-2H3,(H2,38,39,40);5-6H,1-4H2.